The molecule has 0 spiro atoms. The molecule has 1 aliphatic rings. The van der Waals surface area contributed by atoms with Crippen LogP contribution >= 0.6 is 11.3 Å². The Hall–Kier alpha value is -4.20. The van der Waals surface area contributed by atoms with Crippen LogP contribution < -0.4 is 0 Å². The van der Waals surface area contributed by atoms with Gasteiger partial charge in [-0.05, 0) is 102 Å². The van der Waals surface area contributed by atoms with Crippen LogP contribution in [-0.4, -0.2) is 0 Å². The smallest absolute Gasteiger partial charge is 0.0358 e. The lowest BCUT2D eigenvalue weighted by atomic mass is 9.91. The maximum atomic E-state index is 2.42. The fourth-order valence-corrected chi connectivity index (χ4v) is 7.30. The summed E-state index contributed by atoms with van der Waals surface area (Å²) in [6.07, 6.45) is 6.91. The molecule has 0 saturated heterocycles. The van der Waals surface area contributed by atoms with Crippen molar-refractivity contribution < 1.29 is 0 Å². The van der Waals surface area contributed by atoms with Gasteiger partial charge in [0.15, 0.2) is 0 Å². The van der Waals surface area contributed by atoms with Crippen LogP contribution in [0.4, 0.5) is 0 Å². The molecule has 6 aromatic carbocycles. The monoisotopic (exact) mass is 488 g/mol. The van der Waals surface area contributed by atoms with Crippen LogP contribution in [0.5, 0.6) is 0 Å². The minimum absolute atomic E-state index is 1.15. The van der Waals surface area contributed by atoms with Gasteiger partial charge in [-0.1, -0.05) is 97.1 Å². The third kappa shape index (κ3) is 3.28. The highest BCUT2D eigenvalue weighted by Gasteiger charge is 2.15. The van der Waals surface area contributed by atoms with Gasteiger partial charge in [0, 0.05) is 9.75 Å². The lowest BCUT2D eigenvalue weighted by molar-refractivity contribution is 0.997. The molecular weight excluding hydrogens is 464 g/mol. The highest BCUT2D eigenvalue weighted by molar-refractivity contribution is 7.16. The number of hydrogen-bond acceptors (Lipinski definition) is 1. The van der Waals surface area contributed by atoms with E-state index >= 15 is 0 Å². The number of hydrogen-bond donors (Lipinski definition) is 0. The molecule has 0 bridgehead atoms. The van der Waals surface area contributed by atoms with Crippen LogP contribution in [0.2, 0.25) is 0 Å². The number of fused-ring (bicyclic) bond motifs is 6. The lowest BCUT2D eigenvalue weighted by Crippen LogP contribution is -1.87. The number of allylic oxidation sites excluding steroid dienone is 1. The summed E-state index contributed by atoms with van der Waals surface area (Å²) in [4.78, 5) is 2.80. The van der Waals surface area contributed by atoms with Crippen LogP contribution in [0.3, 0.4) is 0 Å². The summed E-state index contributed by atoms with van der Waals surface area (Å²) in [7, 11) is 0. The van der Waals surface area contributed by atoms with E-state index < -0.39 is 0 Å². The second-order valence-corrected chi connectivity index (χ2v) is 11.1. The normalized spacial score (nSPS) is 13.1. The Morgan fingerprint density at radius 1 is 0.486 bits per heavy atom. The van der Waals surface area contributed by atoms with Crippen molar-refractivity contribution in [1.29, 1.82) is 0 Å². The van der Waals surface area contributed by atoms with Gasteiger partial charge >= 0.3 is 0 Å². The summed E-state index contributed by atoms with van der Waals surface area (Å²) in [5.41, 5.74) is 5.42. The topological polar surface area (TPSA) is 0 Å². The number of benzene rings is 6. The van der Waals surface area contributed by atoms with E-state index in [0.717, 1.165) is 12.8 Å². The average Bonchev–Trinajstić information content (AvgIpc) is 3.39. The number of thiophene rings is 1. The van der Waals surface area contributed by atoms with Gasteiger partial charge in [-0.25, -0.2) is 0 Å². The fourth-order valence-electron chi connectivity index (χ4n) is 6.12. The van der Waals surface area contributed by atoms with E-state index in [4.69, 9.17) is 0 Å². The molecule has 0 saturated carbocycles. The van der Waals surface area contributed by atoms with Crippen LogP contribution in [0.25, 0.3) is 70.7 Å². The molecule has 0 atom stereocenters. The Morgan fingerprint density at radius 2 is 1.19 bits per heavy atom. The molecule has 0 fully saturated rings. The summed E-state index contributed by atoms with van der Waals surface area (Å²) < 4.78 is 0. The van der Waals surface area contributed by atoms with Crippen molar-refractivity contribution in [3.63, 3.8) is 0 Å². The molecule has 0 unspecified atom stereocenters. The van der Waals surface area contributed by atoms with Gasteiger partial charge in [0.05, 0.1) is 0 Å². The highest BCUT2D eigenvalue weighted by Crippen LogP contribution is 2.41. The first kappa shape index (κ1) is 20.9. The second-order valence-electron chi connectivity index (χ2n) is 10.0. The molecule has 8 rings (SSSR count). The molecule has 0 N–H and O–H groups in total. The van der Waals surface area contributed by atoms with Gasteiger partial charge in [-0.3, -0.25) is 0 Å². The molecule has 0 aliphatic heterocycles. The van der Waals surface area contributed by atoms with Gasteiger partial charge in [0.1, 0.15) is 0 Å². The largest absolute Gasteiger partial charge is 0.136 e. The van der Waals surface area contributed by atoms with E-state index in [1.165, 1.54) is 75.1 Å². The maximum absolute atomic E-state index is 2.42. The molecule has 0 amide bonds. The zero-order valence-corrected chi connectivity index (χ0v) is 21.2. The van der Waals surface area contributed by atoms with E-state index in [1.54, 1.807) is 0 Å². The fraction of sp³-hybridized carbons (Fsp3) is 0.0556. The molecule has 0 nitrogen and oxygen atoms in total. The Labute approximate surface area is 220 Å². The molecule has 1 heteroatoms. The Kier molecular flexibility index (Phi) is 4.62. The van der Waals surface area contributed by atoms with Crippen molar-refractivity contribution in [2.45, 2.75) is 12.8 Å². The molecule has 7 aromatic rings. The number of aryl methyl sites for hydroxylation is 1. The first-order valence-corrected chi connectivity index (χ1v) is 13.8. The molecular formula is C36H24S. The minimum Gasteiger partial charge on any atom is -0.136 e. The first-order valence-electron chi connectivity index (χ1n) is 13.0. The highest BCUT2D eigenvalue weighted by atomic mass is 32.1. The van der Waals surface area contributed by atoms with Crippen molar-refractivity contribution >= 4 is 60.5 Å². The summed E-state index contributed by atoms with van der Waals surface area (Å²) >= 11 is 1.92. The van der Waals surface area contributed by atoms with E-state index in [1.807, 2.05) is 11.3 Å². The third-order valence-electron chi connectivity index (χ3n) is 7.91. The Bertz CT molecular complexity index is 2030. The van der Waals surface area contributed by atoms with Crippen LogP contribution in [0.1, 0.15) is 16.9 Å². The zero-order chi connectivity index (χ0) is 24.3. The third-order valence-corrected chi connectivity index (χ3v) is 9.09. The predicted molar refractivity (Wildman–Crippen MR) is 163 cm³/mol. The SMILES string of the molecule is C1=Cc2sc(-c3cccc4c3ccc3cc5c(-c6cccc7ccccc67)cccc5cc34)cc2CC1. The first-order chi connectivity index (χ1) is 18.3. The van der Waals surface area contributed by atoms with Crippen molar-refractivity contribution in [2.24, 2.45) is 0 Å². The Balaban J connectivity index is 1.36. The van der Waals surface area contributed by atoms with Crippen LogP contribution in [0, 0.1) is 0 Å². The van der Waals surface area contributed by atoms with Crippen molar-refractivity contribution in [3.8, 4) is 21.6 Å². The van der Waals surface area contributed by atoms with Gasteiger partial charge in [0.25, 0.3) is 0 Å². The van der Waals surface area contributed by atoms with Crippen molar-refractivity contribution in [3.05, 3.63) is 126 Å². The van der Waals surface area contributed by atoms with Gasteiger partial charge < -0.3 is 0 Å². The number of rotatable bonds is 2. The molecule has 1 aliphatic carbocycles. The maximum Gasteiger partial charge on any atom is 0.0358 e. The standard InChI is InChI=1S/C36H24S/c1-3-12-27-23(8-1)10-5-13-28(27)29-14-6-11-24-20-34-25(21-33(24)29)18-19-31-30(34)15-7-16-32(31)36-22-26-9-2-4-17-35(26)37-36/h1,3-8,10-22H,2,9H2. The van der Waals surface area contributed by atoms with Crippen molar-refractivity contribution in [1.82, 2.24) is 0 Å². The van der Waals surface area contributed by atoms with E-state index in [0.29, 0.717) is 0 Å². The molecule has 1 heterocycles. The summed E-state index contributed by atoms with van der Waals surface area (Å²) in [6, 6.07) is 40.7. The van der Waals surface area contributed by atoms with E-state index in [2.05, 4.69) is 121 Å². The summed E-state index contributed by atoms with van der Waals surface area (Å²) in [6.45, 7) is 0. The van der Waals surface area contributed by atoms with E-state index in [9.17, 15) is 0 Å². The minimum atomic E-state index is 1.15. The summed E-state index contributed by atoms with van der Waals surface area (Å²) in [5, 5.41) is 10.4. The van der Waals surface area contributed by atoms with E-state index in [-0.39, 0.29) is 0 Å². The quantitative estimate of drug-likeness (QED) is 0.168. The van der Waals surface area contributed by atoms with Crippen molar-refractivity contribution in [2.75, 3.05) is 0 Å². The average molecular weight is 489 g/mol. The predicted octanol–water partition coefficient (Wildman–Crippen LogP) is 10.7. The molecule has 0 radical (unpaired) electrons. The van der Waals surface area contributed by atoms with Crippen LogP contribution in [0.15, 0.2) is 115 Å². The van der Waals surface area contributed by atoms with Gasteiger partial charge in [-0.2, -0.15) is 0 Å². The molecule has 37 heavy (non-hydrogen) atoms. The zero-order valence-electron chi connectivity index (χ0n) is 20.4. The lowest BCUT2D eigenvalue weighted by Gasteiger charge is -2.13. The molecule has 174 valence electrons. The second kappa shape index (κ2) is 8.16. The summed E-state index contributed by atoms with van der Waals surface area (Å²) in [5.74, 6) is 0. The van der Waals surface area contributed by atoms with Crippen LogP contribution in [-0.2, 0) is 6.42 Å². The Morgan fingerprint density at radius 3 is 2.11 bits per heavy atom. The molecule has 1 aromatic heterocycles. The van der Waals surface area contributed by atoms with Gasteiger partial charge in [-0.15, -0.1) is 11.3 Å². The van der Waals surface area contributed by atoms with Gasteiger partial charge in [0.2, 0.25) is 0 Å².